The molecule has 3 N–H and O–H groups in total. The van der Waals surface area contributed by atoms with Crippen LogP contribution in [0.15, 0.2) is 12.1 Å². The van der Waals surface area contributed by atoms with Gasteiger partial charge in [-0.1, -0.05) is 0 Å². The Balaban J connectivity index is 2.05. The Hall–Kier alpha value is -1.88. The lowest BCUT2D eigenvalue weighted by Gasteiger charge is -2.15. The fraction of sp³-hybridized carbons (Fsp3) is 0.467. The predicted molar refractivity (Wildman–Crippen MR) is 83.5 cm³/mol. The summed E-state index contributed by atoms with van der Waals surface area (Å²) in [6.45, 7) is 6.18. The van der Waals surface area contributed by atoms with Gasteiger partial charge in [-0.2, -0.15) is 0 Å². The van der Waals surface area contributed by atoms with Crippen LogP contribution in [0.4, 0.5) is 11.5 Å². The van der Waals surface area contributed by atoms with Gasteiger partial charge in [0.15, 0.2) is 5.65 Å². The SMILES string of the molecule is CNc1cc(NC2CCNC2)nc2nc(C)cc(C)c12. The van der Waals surface area contributed by atoms with Crippen LogP contribution in [-0.2, 0) is 0 Å². The fourth-order valence-corrected chi connectivity index (χ4v) is 2.84. The Morgan fingerprint density at radius 3 is 2.80 bits per heavy atom. The number of hydrogen-bond acceptors (Lipinski definition) is 5. The third-order valence-corrected chi connectivity index (χ3v) is 3.78. The standard InChI is InChI=1S/C15H21N5/c1-9-6-10(2)18-15-14(9)12(16-3)7-13(20-15)19-11-4-5-17-8-11/h6-7,11,17H,4-5,8H2,1-3H3,(H2,16,18,19,20). The number of hydrogen-bond donors (Lipinski definition) is 3. The van der Waals surface area contributed by atoms with Crippen molar-refractivity contribution < 1.29 is 0 Å². The summed E-state index contributed by atoms with van der Waals surface area (Å²) >= 11 is 0. The number of rotatable bonds is 3. The normalized spacial score (nSPS) is 18.4. The number of nitrogens with one attached hydrogen (secondary N) is 3. The molecular formula is C15H21N5. The van der Waals surface area contributed by atoms with Gasteiger partial charge in [0.2, 0.25) is 0 Å². The molecule has 2 aromatic rings. The molecule has 1 unspecified atom stereocenters. The minimum atomic E-state index is 0.454. The van der Waals surface area contributed by atoms with Crippen LogP contribution in [0.5, 0.6) is 0 Å². The quantitative estimate of drug-likeness (QED) is 0.797. The van der Waals surface area contributed by atoms with Crippen LogP contribution < -0.4 is 16.0 Å². The predicted octanol–water partition coefficient (Wildman–Crippen LogP) is 2.06. The van der Waals surface area contributed by atoms with E-state index in [9.17, 15) is 0 Å². The average Bonchev–Trinajstić information content (AvgIpc) is 2.89. The zero-order chi connectivity index (χ0) is 14.1. The maximum atomic E-state index is 4.68. The second-order valence-electron chi connectivity index (χ2n) is 5.42. The van der Waals surface area contributed by atoms with Crippen LogP contribution in [0.1, 0.15) is 17.7 Å². The van der Waals surface area contributed by atoms with E-state index in [0.717, 1.165) is 47.7 Å². The summed E-state index contributed by atoms with van der Waals surface area (Å²) in [7, 11) is 1.94. The van der Waals surface area contributed by atoms with Gasteiger partial charge in [0.1, 0.15) is 5.82 Å². The second kappa shape index (κ2) is 5.25. The van der Waals surface area contributed by atoms with Crippen molar-refractivity contribution in [3.8, 4) is 0 Å². The highest BCUT2D eigenvalue weighted by Crippen LogP contribution is 2.28. The van der Waals surface area contributed by atoms with Crippen molar-refractivity contribution in [1.82, 2.24) is 15.3 Å². The van der Waals surface area contributed by atoms with E-state index < -0.39 is 0 Å². The molecule has 3 rings (SSSR count). The maximum Gasteiger partial charge on any atom is 0.164 e. The van der Waals surface area contributed by atoms with Gasteiger partial charge < -0.3 is 16.0 Å². The summed E-state index contributed by atoms with van der Waals surface area (Å²) in [5, 5.41) is 11.2. The van der Waals surface area contributed by atoms with Gasteiger partial charge in [0.05, 0.1) is 0 Å². The number of pyridine rings is 2. The molecule has 0 aliphatic carbocycles. The first kappa shape index (κ1) is 13.1. The molecule has 5 nitrogen and oxygen atoms in total. The largest absolute Gasteiger partial charge is 0.387 e. The third kappa shape index (κ3) is 2.41. The molecule has 0 aromatic carbocycles. The Labute approximate surface area is 119 Å². The molecule has 5 heteroatoms. The molecule has 0 amide bonds. The number of nitrogens with zero attached hydrogens (tertiary/aromatic N) is 2. The number of aryl methyl sites for hydroxylation is 2. The summed E-state index contributed by atoms with van der Waals surface area (Å²) in [4.78, 5) is 9.25. The van der Waals surface area contributed by atoms with Crippen LogP contribution in [0.25, 0.3) is 11.0 Å². The number of anilines is 2. The van der Waals surface area contributed by atoms with E-state index >= 15 is 0 Å². The van der Waals surface area contributed by atoms with Gasteiger partial charge >= 0.3 is 0 Å². The molecule has 3 heterocycles. The molecule has 1 atom stereocenters. The molecule has 1 aliphatic heterocycles. The molecule has 106 valence electrons. The van der Waals surface area contributed by atoms with E-state index in [-0.39, 0.29) is 0 Å². The third-order valence-electron chi connectivity index (χ3n) is 3.78. The van der Waals surface area contributed by atoms with Crippen LogP contribution in [0, 0.1) is 13.8 Å². The van der Waals surface area contributed by atoms with Crippen molar-refractivity contribution >= 4 is 22.5 Å². The Bertz CT molecular complexity index is 632. The van der Waals surface area contributed by atoms with Gasteiger partial charge in [0, 0.05) is 42.5 Å². The molecule has 2 aromatic heterocycles. The van der Waals surface area contributed by atoms with Gasteiger partial charge in [0.25, 0.3) is 0 Å². The van der Waals surface area contributed by atoms with Crippen molar-refractivity contribution in [2.45, 2.75) is 26.3 Å². The van der Waals surface area contributed by atoms with E-state index in [1.54, 1.807) is 0 Å². The molecule has 0 spiro atoms. The van der Waals surface area contributed by atoms with Crippen molar-refractivity contribution in [1.29, 1.82) is 0 Å². The lowest BCUT2D eigenvalue weighted by Crippen LogP contribution is -2.22. The van der Waals surface area contributed by atoms with Gasteiger partial charge in [-0.25, -0.2) is 9.97 Å². The summed E-state index contributed by atoms with van der Waals surface area (Å²) in [6, 6.07) is 4.62. The topological polar surface area (TPSA) is 61.9 Å². The van der Waals surface area contributed by atoms with Crippen LogP contribution in [-0.4, -0.2) is 36.1 Å². The molecule has 1 fully saturated rings. The van der Waals surface area contributed by atoms with Gasteiger partial charge in [-0.3, -0.25) is 0 Å². The first-order chi connectivity index (χ1) is 9.67. The average molecular weight is 271 g/mol. The molecule has 0 saturated carbocycles. The van der Waals surface area contributed by atoms with Gasteiger partial charge in [-0.15, -0.1) is 0 Å². The Morgan fingerprint density at radius 2 is 2.10 bits per heavy atom. The van der Waals surface area contributed by atoms with Crippen molar-refractivity contribution in [3.05, 3.63) is 23.4 Å². The first-order valence-electron chi connectivity index (χ1n) is 7.11. The van der Waals surface area contributed by atoms with Crippen LogP contribution in [0.2, 0.25) is 0 Å². The number of fused-ring (bicyclic) bond motifs is 1. The number of aromatic nitrogens is 2. The van der Waals surface area contributed by atoms with E-state index in [2.05, 4.69) is 45.0 Å². The van der Waals surface area contributed by atoms with E-state index in [1.807, 2.05) is 14.0 Å². The summed E-state index contributed by atoms with van der Waals surface area (Å²) in [5.74, 6) is 0.896. The first-order valence-corrected chi connectivity index (χ1v) is 7.11. The van der Waals surface area contributed by atoms with Crippen molar-refractivity contribution in [2.24, 2.45) is 0 Å². The maximum absolute atomic E-state index is 4.68. The minimum absolute atomic E-state index is 0.454. The molecule has 0 bridgehead atoms. The van der Waals surface area contributed by atoms with Crippen molar-refractivity contribution in [2.75, 3.05) is 30.8 Å². The smallest absolute Gasteiger partial charge is 0.164 e. The fourth-order valence-electron chi connectivity index (χ4n) is 2.84. The summed E-state index contributed by atoms with van der Waals surface area (Å²) in [5.41, 5.74) is 4.10. The summed E-state index contributed by atoms with van der Waals surface area (Å²) in [6.07, 6.45) is 1.13. The van der Waals surface area contributed by atoms with E-state index in [4.69, 9.17) is 0 Å². The highest BCUT2D eigenvalue weighted by atomic mass is 15.1. The van der Waals surface area contributed by atoms with Crippen molar-refractivity contribution in [3.63, 3.8) is 0 Å². The van der Waals surface area contributed by atoms with Crippen LogP contribution >= 0.6 is 0 Å². The summed E-state index contributed by atoms with van der Waals surface area (Å²) < 4.78 is 0. The monoisotopic (exact) mass is 271 g/mol. The highest BCUT2D eigenvalue weighted by molar-refractivity contribution is 5.93. The zero-order valence-corrected chi connectivity index (χ0v) is 12.2. The Morgan fingerprint density at radius 1 is 1.25 bits per heavy atom. The van der Waals surface area contributed by atoms with Gasteiger partial charge in [-0.05, 0) is 38.4 Å². The van der Waals surface area contributed by atoms with Crippen LogP contribution in [0.3, 0.4) is 0 Å². The molecule has 1 aliphatic rings. The van der Waals surface area contributed by atoms with E-state index in [1.165, 1.54) is 5.56 Å². The molecular weight excluding hydrogens is 250 g/mol. The lowest BCUT2D eigenvalue weighted by atomic mass is 10.1. The lowest BCUT2D eigenvalue weighted by molar-refractivity contribution is 0.788. The molecule has 0 radical (unpaired) electrons. The highest BCUT2D eigenvalue weighted by Gasteiger charge is 2.16. The zero-order valence-electron chi connectivity index (χ0n) is 12.2. The van der Waals surface area contributed by atoms with E-state index in [0.29, 0.717) is 6.04 Å². The minimum Gasteiger partial charge on any atom is -0.387 e. The second-order valence-corrected chi connectivity index (χ2v) is 5.42. The molecule has 1 saturated heterocycles. The Kier molecular flexibility index (Phi) is 3.44. The molecule has 20 heavy (non-hydrogen) atoms.